The number of imidazole rings is 1. The highest BCUT2D eigenvalue weighted by molar-refractivity contribution is 8.76. The molecule has 13 atom stereocenters. The lowest BCUT2D eigenvalue weighted by Gasteiger charge is -2.64. The molecule has 0 aromatic carbocycles. The van der Waals surface area contributed by atoms with E-state index >= 15 is 0 Å². The van der Waals surface area contributed by atoms with Crippen LogP contribution in [0, 0.1) is 57.2 Å². The number of aliphatic hydroxyl groups is 4. The molecule has 0 amide bonds. The number of hydrogen-bond acceptors (Lipinski definition) is 8. The van der Waals surface area contributed by atoms with Gasteiger partial charge < -0.3 is 25.0 Å². The van der Waals surface area contributed by atoms with Crippen molar-refractivity contribution in [1.29, 1.82) is 0 Å². The summed E-state index contributed by atoms with van der Waals surface area (Å²) >= 11 is 0. The summed E-state index contributed by atoms with van der Waals surface area (Å²) in [6.07, 6.45) is 24.3. The van der Waals surface area contributed by atoms with Gasteiger partial charge in [0.15, 0.2) is 5.78 Å². The molecule has 7 aliphatic carbocycles. The van der Waals surface area contributed by atoms with Crippen LogP contribution in [0.15, 0.2) is 41.5 Å². The average molecular weight is 807 g/mol. The number of aromatic nitrogens is 2. The predicted octanol–water partition coefficient (Wildman–Crippen LogP) is 9.26. The van der Waals surface area contributed by atoms with Crippen LogP contribution in [0.4, 0.5) is 0 Å². The first-order valence-electron chi connectivity index (χ1n) is 22.7. The molecule has 1 aromatic rings. The van der Waals surface area contributed by atoms with E-state index < -0.39 is 34.7 Å². The van der Waals surface area contributed by atoms with E-state index in [0.717, 1.165) is 68.4 Å². The quantitative estimate of drug-likeness (QED) is 0.164. The third-order valence-corrected chi connectivity index (χ3v) is 21.0. The standard InChI is InChI=1S/C47H70N2O5S2/c1-43(2)24-32(49-17-16-48-28-49)27-56-55-26-31-19-35-33(39(50)20-34(43)29-10-9-15-46(23-29)13-7-8-14-46)12-6-5-11-30-18-36-37(47(31,54)45(30,35)4)21-40(51)38-22-41(52)42(53)25-44(36,38)3/h16-17,21,28,30-33,35-36,38-39,41-42,50,52-54H,5-15,18-20,22-27H2,1-4H3/t30-,31+,32-,33-,35+,36-,38-,39+,41+,42-,44+,45+,47+/m0/s1. The van der Waals surface area contributed by atoms with Crippen molar-refractivity contribution in [3.8, 4) is 0 Å². The van der Waals surface area contributed by atoms with Crippen LogP contribution < -0.4 is 0 Å². The van der Waals surface area contributed by atoms with Crippen LogP contribution in [0.5, 0.6) is 0 Å². The van der Waals surface area contributed by atoms with Crippen LogP contribution >= 0.6 is 21.6 Å². The summed E-state index contributed by atoms with van der Waals surface area (Å²) in [5, 5.41) is 48.9. The number of rotatable bonds is 1. The average Bonchev–Trinajstić information content (AvgIpc) is 3.90. The van der Waals surface area contributed by atoms with Gasteiger partial charge in [-0.2, -0.15) is 0 Å². The normalized spacial score (nSPS) is 47.9. The van der Waals surface area contributed by atoms with E-state index in [1.807, 2.05) is 40.2 Å². The molecule has 0 unspecified atom stereocenters. The Morgan fingerprint density at radius 2 is 1.57 bits per heavy atom. The van der Waals surface area contributed by atoms with Crippen molar-refractivity contribution in [3.05, 3.63) is 41.5 Å². The molecule has 1 aromatic heterocycles. The predicted molar refractivity (Wildman–Crippen MR) is 226 cm³/mol. The molecule has 56 heavy (non-hydrogen) atoms. The monoisotopic (exact) mass is 806 g/mol. The third kappa shape index (κ3) is 6.34. The second kappa shape index (κ2) is 14.8. The largest absolute Gasteiger partial charge is 0.392 e. The van der Waals surface area contributed by atoms with Gasteiger partial charge >= 0.3 is 0 Å². The Morgan fingerprint density at radius 1 is 0.821 bits per heavy atom. The molecule has 1 spiro atoms. The Morgan fingerprint density at radius 3 is 2.34 bits per heavy atom. The first-order valence-corrected chi connectivity index (χ1v) is 25.1. The first-order chi connectivity index (χ1) is 26.7. The van der Waals surface area contributed by atoms with E-state index in [9.17, 15) is 25.2 Å². The van der Waals surface area contributed by atoms with Crippen molar-refractivity contribution in [1.82, 2.24) is 9.55 Å². The minimum Gasteiger partial charge on any atom is -0.392 e. The lowest BCUT2D eigenvalue weighted by atomic mass is 9.42. The summed E-state index contributed by atoms with van der Waals surface area (Å²) in [6, 6.07) is 0.249. The molecule has 1 saturated heterocycles. The molecule has 6 saturated carbocycles. The smallest absolute Gasteiger partial charge is 0.159 e. The number of nitrogens with zero attached hydrogens (tertiary/aromatic N) is 2. The van der Waals surface area contributed by atoms with Crippen molar-refractivity contribution in [2.24, 2.45) is 57.2 Å². The number of carbonyl (C=O) groups excluding carboxylic acids is 1. The number of carbonyl (C=O) groups is 1. The molecule has 0 radical (unpaired) electrons. The van der Waals surface area contributed by atoms with Crippen LogP contribution in [0.1, 0.15) is 149 Å². The lowest BCUT2D eigenvalue weighted by Crippen LogP contribution is -2.65. The van der Waals surface area contributed by atoms with Crippen LogP contribution in [0.2, 0.25) is 0 Å². The van der Waals surface area contributed by atoms with Crippen LogP contribution in [-0.4, -0.2) is 71.2 Å². The Bertz CT molecular complexity index is 1700. The number of hydrogen-bond donors (Lipinski definition) is 4. The van der Waals surface area contributed by atoms with E-state index in [2.05, 4.69) is 43.4 Å². The second-order valence-electron chi connectivity index (χ2n) is 21.6. The minimum atomic E-state index is -1.18. The van der Waals surface area contributed by atoms with E-state index in [1.54, 1.807) is 5.57 Å². The third-order valence-electron chi connectivity index (χ3n) is 18.5. The molecule has 7 fully saturated rings. The van der Waals surface area contributed by atoms with Crippen molar-refractivity contribution in [3.63, 3.8) is 0 Å². The molecule has 4 N–H and O–H groups in total. The summed E-state index contributed by atoms with van der Waals surface area (Å²) in [7, 11) is 3.83. The molecule has 9 heteroatoms. The SMILES string of the molecule is CC1(C)C[C@H](n2ccnc2)CSSC[C@H]2C[C@@H]3[C@H](CCCC[C@H]4C[C@H]5C(=CC(=O)[C@@H]6C[C@@H](O)[C@@H](O)C[C@@]65C)[C@@]2(O)[C@]43C)[C@H](O)CC1=C1CCCC2(CCCC2)C1. The molecule has 8 aliphatic rings. The molecular weight excluding hydrogens is 737 g/mol. The molecule has 9 rings (SSSR count). The van der Waals surface area contributed by atoms with Gasteiger partial charge in [0.25, 0.3) is 0 Å². The fourth-order valence-electron chi connectivity index (χ4n) is 15.6. The van der Waals surface area contributed by atoms with E-state index in [4.69, 9.17) is 0 Å². The highest BCUT2D eigenvalue weighted by Gasteiger charge is 2.73. The zero-order chi connectivity index (χ0) is 39.3. The van der Waals surface area contributed by atoms with Gasteiger partial charge in [0, 0.05) is 47.2 Å². The Balaban J connectivity index is 1.15. The van der Waals surface area contributed by atoms with Gasteiger partial charge in [-0.25, -0.2) is 4.98 Å². The fourth-order valence-corrected chi connectivity index (χ4v) is 18.3. The van der Waals surface area contributed by atoms with E-state index in [0.29, 0.717) is 18.3 Å². The topological polar surface area (TPSA) is 116 Å². The van der Waals surface area contributed by atoms with Gasteiger partial charge in [-0.1, -0.05) is 86.1 Å². The van der Waals surface area contributed by atoms with Crippen LogP contribution in [0.3, 0.4) is 0 Å². The zero-order valence-electron chi connectivity index (χ0n) is 34.6. The maximum Gasteiger partial charge on any atom is 0.159 e. The Kier molecular flexibility index (Phi) is 10.7. The maximum absolute atomic E-state index is 14.3. The fraction of sp³-hybridized carbons (Fsp3) is 0.830. The highest BCUT2D eigenvalue weighted by Crippen LogP contribution is 2.73. The molecule has 1 aliphatic heterocycles. The number of fused-ring (bicyclic) bond motifs is 6. The summed E-state index contributed by atoms with van der Waals surface area (Å²) in [5.41, 5.74) is 2.26. The number of aliphatic hydroxyl groups excluding tert-OH is 3. The van der Waals surface area contributed by atoms with Gasteiger partial charge in [-0.3, -0.25) is 4.79 Å². The molecular formula is C47H70N2O5S2. The van der Waals surface area contributed by atoms with Crippen molar-refractivity contribution in [2.75, 3.05) is 11.5 Å². The van der Waals surface area contributed by atoms with Crippen molar-refractivity contribution >= 4 is 27.4 Å². The van der Waals surface area contributed by atoms with E-state index in [1.165, 1.54) is 50.5 Å². The molecule has 2 heterocycles. The van der Waals surface area contributed by atoms with Crippen LogP contribution in [0.25, 0.3) is 0 Å². The van der Waals surface area contributed by atoms with E-state index in [-0.39, 0.29) is 59.2 Å². The number of allylic oxidation sites excluding steroid dienone is 2. The van der Waals surface area contributed by atoms with Gasteiger partial charge in [-0.15, -0.1) is 0 Å². The Hall–Kier alpha value is -1.10. The van der Waals surface area contributed by atoms with Gasteiger partial charge in [0.1, 0.15) is 0 Å². The maximum atomic E-state index is 14.3. The number of ketones is 1. The summed E-state index contributed by atoms with van der Waals surface area (Å²) in [5.74, 6) is 1.81. The van der Waals surface area contributed by atoms with Crippen molar-refractivity contribution in [2.45, 2.75) is 173 Å². The molecule has 310 valence electrons. The molecule has 7 nitrogen and oxygen atoms in total. The van der Waals surface area contributed by atoms with Gasteiger partial charge in [0.2, 0.25) is 0 Å². The second-order valence-corrected chi connectivity index (χ2v) is 24.1. The summed E-state index contributed by atoms with van der Waals surface area (Å²) in [6.45, 7) is 9.49. The molecule has 2 bridgehead atoms. The van der Waals surface area contributed by atoms with Gasteiger partial charge in [-0.05, 0) is 141 Å². The van der Waals surface area contributed by atoms with Gasteiger partial charge in [0.05, 0.1) is 30.2 Å². The zero-order valence-corrected chi connectivity index (χ0v) is 36.3. The Labute approximate surface area is 344 Å². The first kappa shape index (κ1) is 40.3. The lowest BCUT2D eigenvalue weighted by molar-refractivity contribution is -0.177. The highest BCUT2D eigenvalue weighted by atomic mass is 33.1. The summed E-state index contributed by atoms with van der Waals surface area (Å²) in [4.78, 5) is 18.8. The summed E-state index contributed by atoms with van der Waals surface area (Å²) < 4.78 is 2.31. The van der Waals surface area contributed by atoms with Crippen LogP contribution in [-0.2, 0) is 4.79 Å². The van der Waals surface area contributed by atoms with Crippen molar-refractivity contribution < 1.29 is 25.2 Å². The minimum absolute atomic E-state index is 0.0174.